The van der Waals surface area contributed by atoms with Crippen LogP contribution in [0.4, 0.5) is 4.79 Å². The fourth-order valence-electron chi connectivity index (χ4n) is 3.04. The zero-order valence-corrected chi connectivity index (χ0v) is 19.6. The van der Waals surface area contributed by atoms with Gasteiger partial charge in [-0.15, -0.1) is 0 Å². The lowest BCUT2D eigenvalue weighted by Gasteiger charge is -2.23. The van der Waals surface area contributed by atoms with Gasteiger partial charge >= 0.3 is 18.0 Å². The second-order valence-electron chi connectivity index (χ2n) is 8.79. The van der Waals surface area contributed by atoms with Crippen molar-refractivity contribution in [2.75, 3.05) is 0 Å². The van der Waals surface area contributed by atoms with Gasteiger partial charge in [-0.05, 0) is 56.9 Å². The van der Waals surface area contributed by atoms with Gasteiger partial charge in [0.25, 0.3) is 0 Å². The number of ether oxygens (including phenoxy) is 2. The SMILES string of the molecule is CC(C)(C)OC(=O)N[C@@H](C[C@H](C/C=C/c1ccc(OCc2ccccc2)cc1)C(=O)O)C(=O)O. The van der Waals surface area contributed by atoms with E-state index in [1.807, 2.05) is 54.6 Å². The van der Waals surface area contributed by atoms with Crippen LogP contribution in [-0.4, -0.2) is 39.9 Å². The predicted molar refractivity (Wildman–Crippen MR) is 127 cm³/mol. The highest BCUT2D eigenvalue weighted by atomic mass is 16.6. The second kappa shape index (κ2) is 12.4. The molecule has 2 aromatic carbocycles. The summed E-state index contributed by atoms with van der Waals surface area (Å²) in [6.07, 6.45) is 2.34. The number of aliphatic carboxylic acids is 2. The first-order chi connectivity index (χ1) is 16.0. The number of amides is 1. The summed E-state index contributed by atoms with van der Waals surface area (Å²) in [5.41, 5.74) is 1.11. The number of alkyl carbamates (subject to hydrolysis) is 1. The van der Waals surface area contributed by atoms with Crippen molar-refractivity contribution in [3.05, 3.63) is 71.8 Å². The average molecular weight is 470 g/mol. The Bertz CT molecular complexity index is 978. The molecule has 8 nitrogen and oxygen atoms in total. The Balaban J connectivity index is 1.92. The summed E-state index contributed by atoms with van der Waals surface area (Å²) in [6.45, 7) is 5.40. The van der Waals surface area contributed by atoms with Crippen molar-refractivity contribution in [3.63, 3.8) is 0 Å². The quantitative estimate of drug-likeness (QED) is 0.434. The molecule has 0 aliphatic carbocycles. The average Bonchev–Trinajstić information content (AvgIpc) is 2.76. The standard InChI is InChI=1S/C26H31NO7/c1-26(2,3)34-25(32)27-22(24(30)31)16-20(23(28)29)11-7-10-18-12-14-21(15-13-18)33-17-19-8-5-4-6-9-19/h4-10,12-15,20,22H,11,16-17H2,1-3H3,(H,27,32)(H,28,29)(H,30,31)/b10-7+/t20-,22-/m0/s1. The van der Waals surface area contributed by atoms with Gasteiger partial charge in [-0.3, -0.25) is 4.79 Å². The summed E-state index contributed by atoms with van der Waals surface area (Å²) in [7, 11) is 0. The minimum Gasteiger partial charge on any atom is -0.489 e. The van der Waals surface area contributed by atoms with E-state index in [2.05, 4.69) is 5.32 Å². The van der Waals surface area contributed by atoms with Crippen LogP contribution in [-0.2, 0) is 20.9 Å². The smallest absolute Gasteiger partial charge is 0.408 e. The van der Waals surface area contributed by atoms with Gasteiger partial charge in [0.1, 0.15) is 24.0 Å². The number of rotatable bonds is 11. The lowest BCUT2D eigenvalue weighted by molar-refractivity contribution is -0.144. The molecule has 0 heterocycles. The molecule has 0 spiro atoms. The van der Waals surface area contributed by atoms with E-state index < -0.39 is 35.6 Å². The minimum atomic E-state index is -1.38. The lowest BCUT2D eigenvalue weighted by Crippen LogP contribution is -2.45. The highest BCUT2D eigenvalue weighted by Crippen LogP contribution is 2.18. The van der Waals surface area contributed by atoms with Gasteiger partial charge in [0.2, 0.25) is 0 Å². The van der Waals surface area contributed by atoms with E-state index in [0.29, 0.717) is 12.4 Å². The van der Waals surface area contributed by atoms with E-state index in [4.69, 9.17) is 9.47 Å². The van der Waals surface area contributed by atoms with Crippen LogP contribution in [0.15, 0.2) is 60.7 Å². The van der Waals surface area contributed by atoms with Gasteiger partial charge in [0, 0.05) is 0 Å². The van der Waals surface area contributed by atoms with Crippen molar-refractivity contribution in [2.24, 2.45) is 5.92 Å². The molecule has 0 bridgehead atoms. The van der Waals surface area contributed by atoms with Crippen LogP contribution in [0.5, 0.6) is 5.75 Å². The molecule has 0 fully saturated rings. The number of hydrogen-bond acceptors (Lipinski definition) is 5. The van der Waals surface area contributed by atoms with E-state index in [-0.39, 0.29) is 12.8 Å². The summed E-state index contributed by atoms with van der Waals surface area (Å²) in [5.74, 6) is -2.76. The number of allylic oxidation sites excluding steroid dienone is 1. The highest BCUT2D eigenvalue weighted by molar-refractivity contribution is 5.81. The summed E-state index contributed by atoms with van der Waals surface area (Å²) in [4.78, 5) is 35.1. The highest BCUT2D eigenvalue weighted by Gasteiger charge is 2.29. The third-order valence-electron chi connectivity index (χ3n) is 4.72. The first kappa shape index (κ1) is 26.4. The summed E-state index contributed by atoms with van der Waals surface area (Å²) < 4.78 is 10.8. The first-order valence-corrected chi connectivity index (χ1v) is 10.9. The molecule has 0 aliphatic heterocycles. The monoisotopic (exact) mass is 469 g/mol. The van der Waals surface area contributed by atoms with Crippen molar-refractivity contribution in [1.82, 2.24) is 5.32 Å². The van der Waals surface area contributed by atoms with E-state index >= 15 is 0 Å². The number of nitrogens with one attached hydrogen (secondary N) is 1. The number of carbonyl (C=O) groups is 3. The first-order valence-electron chi connectivity index (χ1n) is 10.9. The predicted octanol–water partition coefficient (Wildman–Crippen LogP) is 4.74. The molecular formula is C26H31NO7. The molecule has 0 saturated heterocycles. The number of hydrogen-bond donors (Lipinski definition) is 3. The normalized spacial score (nSPS) is 13.1. The summed E-state index contributed by atoms with van der Waals surface area (Å²) >= 11 is 0. The Hall–Kier alpha value is -3.81. The zero-order valence-electron chi connectivity index (χ0n) is 19.6. The van der Waals surface area contributed by atoms with E-state index in [1.54, 1.807) is 32.9 Å². The fraction of sp³-hybridized carbons (Fsp3) is 0.346. The molecule has 0 saturated carbocycles. The van der Waals surface area contributed by atoms with Crippen LogP contribution in [0.3, 0.4) is 0 Å². The Kier molecular flexibility index (Phi) is 9.67. The van der Waals surface area contributed by atoms with E-state index in [0.717, 1.165) is 11.1 Å². The summed E-state index contributed by atoms with van der Waals surface area (Å²) in [5, 5.41) is 21.2. The van der Waals surface area contributed by atoms with Crippen molar-refractivity contribution >= 4 is 24.1 Å². The molecule has 0 radical (unpaired) electrons. The van der Waals surface area contributed by atoms with Crippen LogP contribution < -0.4 is 10.1 Å². The van der Waals surface area contributed by atoms with Crippen molar-refractivity contribution in [3.8, 4) is 5.75 Å². The molecule has 2 rings (SSSR count). The molecule has 34 heavy (non-hydrogen) atoms. The van der Waals surface area contributed by atoms with E-state index in [1.165, 1.54) is 0 Å². The Morgan fingerprint density at radius 3 is 2.18 bits per heavy atom. The maximum absolute atomic E-state index is 11.9. The van der Waals surface area contributed by atoms with Gasteiger partial charge in [0.05, 0.1) is 5.92 Å². The van der Waals surface area contributed by atoms with Gasteiger partial charge in [-0.1, -0.05) is 54.6 Å². The third-order valence-corrected chi connectivity index (χ3v) is 4.72. The van der Waals surface area contributed by atoms with Crippen LogP contribution in [0, 0.1) is 5.92 Å². The Morgan fingerprint density at radius 2 is 1.62 bits per heavy atom. The third kappa shape index (κ3) is 9.77. The number of benzene rings is 2. The Morgan fingerprint density at radius 1 is 0.971 bits per heavy atom. The maximum atomic E-state index is 11.9. The zero-order chi connectivity index (χ0) is 25.1. The molecule has 0 unspecified atom stereocenters. The van der Waals surface area contributed by atoms with Crippen LogP contribution in [0.25, 0.3) is 6.08 Å². The van der Waals surface area contributed by atoms with Crippen LogP contribution in [0.2, 0.25) is 0 Å². The maximum Gasteiger partial charge on any atom is 0.408 e. The molecule has 8 heteroatoms. The van der Waals surface area contributed by atoms with E-state index in [9.17, 15) is 24.6 Å². The van der Waals surface area contributed by atoms with Gasteiger partial charge < -0.3 is 25.0 Å². The summed E-state index contributed by atoms with van der Waals surface area (Å²) in [6, 6.07) is 15.7. The molecule has 182 valence electrons. The Labute approximate surface area is 199 Å². The molecule has 0 aromatic heterocycles. The van der Waals surface area contributed by atoms with Gasteiger partial charge in [-0.2, -0.15) is 0 Å². The van der Waals surface area contributed by atoms with Crippen LogP contribution >= 0.6 is 0 Å². The molecule has 0 aliphatic rings. The molecule has 1 amide bonds. The van der Waals surface area contributed by atoms with Gasteiger partial charge in [0.15, 0.2) is 0 Å². The molecule has 3 N–H and O–H groups in total. The van der Waals surface area contributed by atoms with Crippen LogP contribution in [0.1, 0.15) is 44.7 Å². The fourth-order valence-corrected chi connectivity index (χ4v) is 3.04. The number of carboxylic acid groups (broad SMARTS) is 2. The molecule has 2 atom stereocenters. The number of carbonyl (C=O) groups excluding carboxylic acids is 1. The van der Waals surface area contributed by atoms with Crippen molar-refractivity contribution in [2.45, 2.75) is 51.9 Å². The largest absolute Gasteiger partial charge is 0.489 e. The van der Waals surface area contributed by atoms with Crippen molar-refractivity contribution < 1.29 is 34.1 Å². The topological polar surface area (TPSA) is 122 Å². The van der Waals surface area contributed by atoms with Crippen molar-refractivity contribution in [1.29, 1.82) is 0 Å². The lowest BCUT2D eigenvalue weighted by atomic mass is 9.96. The second-order valence-corrected chi connectivity index (χ2v) is 8.79. The van der Waals surface area contributed by atoms with Gasteiger partial charge in [-0.25, -0.2) is 9.59 Å². The molecular weight excluding hydrogens is 438 g/mol. The number of carboxylic acids is 2. The minimum absolute atomic E-state index is 0.0986. The molecule has 2 aromatic rings.